The summed E-state index contributed by atoms with van der Waals surface area (Å²) in [5.41, 5.74) is -0.466. The molecule has 0 aliphatic rings. The number of rotatable bonds is 8. The molecular weight excluding hydrogens is 256 g/mol. The largest absolute Gasteiger partial charge is 0.444 e. The molecule has 0 radical (unpaired) electrons. The molecule has 1 amide bonds. The van der Waals surface area contributed by atoms with Gasteiger partial charge >= 0.3 is 6.09 Å². The molecule has 20 heavy (non-hydrogen) atoms. The van der Waals surface area contributed by atoms with Crippen molar-refractivity contribution in [3.05, 3.63) is 0 Å². The van der Waals surface area contributed by atoms with Gasteiger partial charge in [-0.2, -0.15) is 0 Å². The summed E-state index contributed by atoms with van der Waals surface area (Å²) < 4.78 is 10.5. The number of hydrogen-bond donors (Lipinski definition) is 2. The van der Waals surface area contributed by atoms with E-state index in [1.807, 2.05) is 27.7 Å². The first-order valence-corrected chi connectivity index (χ1v) is 7.41. The van der Waals surface area contributed by atoms with Gasteiger partial charge in [-0.15, -0.1) is 0 Å². The lowest BCUT2D eigenvalue weighted by molar-refractivity contribution is 0.0500. The van der Waals surface area contributed by atoms with Crippen molar-refractivity contribution < 1.29 is 14.3 Å². The quantitative estimate of drug-likeness (QED) is 0.720. The fraction of sp³-hybridized carbons (Fsp3) is 0.933. The van der Waals surface area contributed by atoms with Crippen LogP contribution in [-0.2, 0) is 9.47 Å². The molecule has 5 heteroatoms. The Morgan fingerprint density at radius 1 is 1.25 bits per heavy atom. The summed E-state index contributed by atoms with van der Waals surface area (Å²) in [7, 11) is 1.70. The second kappa shape index (κ2) is 9.19. The Balaban J connectivity index is 4.24. The van der Waals surface area contributed by atoms with Crippen molar-refractivity contribution in [2.75, 3.05) is 20.3 Å². The van der Waals surface area contributed by atoms with Gasteiger partial charge in [-0.25, -0.2) is 4.79 Å². The summed E-state index contributed by atoms with van der Waals surface area (Å²) in [6.07, 6.45) is 0.489. The number of hydrogen-bond acceptors (Lipinski definition) is 4. The maximum absolute atomic E-state index is 11.7. The Bertz CT molecular complexity index is 275. The lowest BCUT2D eigenvalue weighted by atomic mass is 10.0. The molecule has 120 valence electrons. The van der Waals surface area contributed by atoms with Crippen LogP contribution in [0.3, 0.4) is 0 Å². The first-order chi connectivity index (χ1) is 9.19. The monoisotopic (exact) mass is 288 g/mol. The van der Waals surface area contributed by atoms with Crippen molar-refractivity contribution in [1.82, 2.24) is 10.6 Å². The van der Waals surface area contributed by atoms with Crippen molar-refractivity contribution in [3.63, 3.8) is 0 Å². The van der Waals surface area contributed by atoms with Crippen LogP contribution in [0, 0.1) is 5.92 Å². The molecule has 5 nitrogen and oxygen atoms in total. The SMILES string of the molecule is CCC(CNC(COC)C(C)C)NC(=O)OC(C)(C)C. The van der Waals surface area contributed by atoms with Crippen LogP contribution in [0.4, 0.5) is 4.79 Å². The third-order valence-corrected chi connectivity index (χ3v) is 2.99. The second-order valence-corrected chi connectivity index (χ2v) is 6.47. The van der Waals surface area contributed by atoms with Crippen molar-refractivity contribution in [3.8, 4) is 0 Å². The van der Waals surface area contributed by atoms with Crippen LogP contribution in [0.15, 0.2) is 0 Å². The van der Waals surface area contributed by atoms with E-state index in [4.69, 9.17) is 9.47 Å². The van der Waals surface area contributed by atoms with E-state index in [9.17, 15) is 4.79 Å². The van der Waals surface area contributed by atoms with Crippen LogP contribution in [0.1, 0.15) is 48.0 Å². The lowest BCUT2D eigenvalue weighted by Gasteiger charge is -2.26. The van der Waals surface area contributed by atoms with Crippen LogP contribution < -0.4 is 10.6 Å². The van der Waals surface area contributed by atoms with E-state index in [1.165, 1.54) is 0 Å². The highest BCUT2D eigenvalue weighted by molar-refractivity contribution is 5.68. The summed E-state index contributed by atoms with van der Waals surface area (Å²) in [6, 6.07) is 0.345. The summed E-state index contributed by atoms with van der Waals surface area (Å²) >= 11 is 0. The minimum atomic E-state index is -0.466. The van der Waals surface area contributed by atoms with Crippen LogP contribution in [0.2, 0.25) is 0 Å². The Hall–Kier alpha value is -0.810. The van der Waals surface area contributed by atoms with Gasteiger partial charge in [-0.3, -0.25) is 0 Å². The number of carbonyl (C=O) groups excluding carboxylic acids is 1. The molecular formula is C15H32N2O3. The van der Waals surface area contributed by atoms with Gasteiger partial charge in [0.05, 0.1) is 6.61 Å². The van der Waals surface area contributed by atoms with Gasteiger partial charge in [0.25, 0.3) is 0 Å². The maximum Gasteiger partial charge on any atom is 0.407 e. The van der Waals surface area contributed by atoms with Gasteiger partial charge in [-0.05, 0) is 33.1 Å². The molecule has 2 N–H and O–H groups in total. The number of alkyl carbamates (subject to hydrolysis) is 1. The van der Waals surface area contributed by atoms with Gasteiger partial charge in [0.1, 0.15) is 5.60 Å². The van der Waals surface area contributed by atoms with Gasteiger partial charge < -0.3 is 20.1 Å². The topological polar surface area (TPSA) is 59.6 Å². The second-order valence-electron chi connectivity index (χ2n) is 6.47. The standard InChI is InChI=1S/C15H32N2O3/c1-8-12(17-14(18)20-15(4,5)6)9-16-13(10-19-7)11(2)3/h11-13,16H,8-10H2,1-7H3,(H,17,18). The lowest BCUT2D eigenvalue weighted by Crippen LogP contribution is -2.48. The predicted molar refractivity (Wildman–Crippen MR) is 82.0 cm³/mol. The minimum absolute atomic E-state index is 0.0583. The average molecular weight is 288 g/mol. The third-order valence-electron chi connectivity index (χ3n) is 2.99. The summed E-state index contributed by atoms with van der Waals surface area (Å²) in [4.78, 5) is 11.7. The molecule has 0 aliphatic carbocycles. The van der Waals surface area contributed by atoms with E-state index in [0.717, 1.165) is 6.42 Å². The fourth-order valence-electron chi connectivity index (χ4n) is 1.73. The van der Waals surface area contributed by atoms with E-state index in [0.29, 0.717) is 19.1 Å². The van der Waals surface area contributed by atoms with Crippen LogP contribution >= 0.6 is 0 Å². The zero-order valence-electron chi connectivity index (χ0n) is 14.1. The molecule has 0 fully saturated rings. The van der Waals surface area contributed by atoms with Gasteiger partial charge in [0, 0.05) is 25.7 Å². The summed E-state index contributed by atoms with van der Waals surface area (Å²) in [5, 5.41) is 6.34. The smallest absolute Gasteiger partial charge is 0.407 e. The molecule has 2 unspecified atom stereocenters. The third kappa shape index (κ3) is 9.15. The van der Waals surface area contributed by atoms with Crippen molar-refractivity contribution in [1.29, 1.82) is 0 Å². The zero-order chi connectivity index (χ0) is 15.8. The molecule has 0 heterocycles. The number of methoxy groups -OCH3 is 1. The summed E-state index contributed by atoms with van der Waals surface area (Å²) in [5.74, 6) is 0.481. The van der Waals surface area contributed by atoms with Crippen LogP contribution in [-0.4, -0.2) is 44.0 Å². The zero-order valence-corrected chi connectivity index (χ0v) is 14.1. The van der Waals surface area contributed by atoms with E-state index in [2.05, 4.69) is 24.5 Å². The van der Waals surface area contributed by atoms with Gasteiger partial charge in [0.2, 0.25) is 0 Å². The predicted octanol–water partition coefficient (Wildman–Crippen LogP) is 2.55. The van der Waals surface area contributed by atoms with Crippen LogP contribution in [0.5, 0.6) is 0 Å². The van der Waals surface area contributed by atoms with E-state index in [-0.39, 0.29) is 18.2 Å². The first kappa shape index (κ1) is 19.2. The van der Waals surface area contributed by atoms with Crippen molar-refractivity contribution >= 4 is 6.09 Å². The maximum atomic E-state index is 11.7. The Morgan fingerprint density at radius 2 is 1.85 bits per heavy atom. The number of nitrogens with one attached hydrogen (secondary N) is 2. The van der Waals surface area contributed by atoms with Gasteiger partial charge in [0.15, 0.2) is 0 Å². The van der Waals surface area contributed by atoms with Gasteiger partial charge in [-0.1, -0.05) is 20.8 Å². The van der Waals surface area contributed by atoms with Crippen molar-refractivity contribution in [2.24, 2.45) is 5.92 Å². The normalized spacial score (nSPS) is 15.0. The number of ether oxygens (including phenoxy) is 2. The molecule has 0 rings (SSSR count). The summed E-state index contributed by atoms with van der Waals surface area (Å²) in [6.45, 7) is 13.3. The molecule has 0 aliphatic heterocycles. The molecule has 0 saturated carbocycles. The first-order valence-electron chi connectivity index (χ1n) is 7.41. The van der Waals surface area contributed by atoms with Crippen LogP contribution in [0.25, 0.3) is 0 Å². The van der Waals surface area contributed by atoms with E-state index >= 15 is 0 Å². The molecule has 2 atom stereocenters. The molecule has 0 aromatic rings. The number of carbonyl (C=O) groups is 1. The molecule has 0 bridgehead atoms. The highest BCUT2D eigenvalue weighted by atomic mass is 16.6. The molecule has 0 saturated heterocycles. The molecule has 0 aromatic heterocycles. The Labute approximate surface area is 123 Å². The van der Waals surface area contributed by atoms with Crippen molar-refractivity contribution in [2.45, 2.75) is 65.6 Å². The molecule has 0 aromatic carbocycles. The highest BCUT2D eigenvalue weighted by Crippen LogP contribution is 2.07. The minimum Gasteiger partial charge on any atom is -0.444 e. The van der Waals surface area contributed by atoms with E-state index < -0.39 is 5.60 Å². The average Bonchev–Trinajstić information content (AvgIpc) is 2.29. The fourth-order valence-corrected chi connectivity index (χ4v) is 1.73. The highest BCUT2D eigenvalue weighted by Gasteiger charge is 2.20. The Kier molecular flexibility index (Phi) is 8.81. The van der Waals surface area contributed by atoms with E-state index in [1.54, 1.807) is 7.11 Å². The number of amides is 1. The Morgan fingerprint density at radius 3 is 2.25 bits per heavy atom. The molecule has 0 spiro atoms.